The second kappa shape index (κ2) is 10.5. The number of aryl methyl sites for hydroxylation is 1. The van der Waals surface area contributed by atoms with Crippen LogP contribution in [0.2, 0.25) is 0 Å². The minimum atomic E-state index is -0.977. The van der Waals surface area contributed by atoms with Crippen LogP contribution in [0.15, 0.2) is 83.8 Å². The molecule has 0 heterocycles. The fraction of sp³-hybridized carbons (Fsp3) is 0.125. The zero-order chi connectivity index (χ0) is 20.6. The van der Waals surface area contributed by atoms with Crippen molar-refractivity contribution in [2.45, 2.75) is 11.8 Å². The van der Waals surface area contributed by atoms with E-state index in [0.29, 0.717) is 5.75 Å². The SMILES string of the molecule is Cc1cc(OCC(=O)O)ccc1SC/C=C(/c1ccccc1)c1ccc(I)cc1. The van der Waals surface area contributed by atoms with Gasteiger partial charge in [-0.1, -0.05) is 48.5 Å². The van der Waals surface area contributed by atoms with Gasteiger partial charge in [0.15, 0.2) is 6.61 Å². The van der Waals surface area contributed by atoms with E-state index in [1.165, 1.54) is 20.3 Å². The Morgan fingerprint density at radius 2 is 1.72 bits per heavy atom. The predicted molar refractivity (Wildman–Crippen MR) is 128 cm³/mol. The molecule has 0 fully saturated rings. The second-order valence-electron chi connectivity index (χ2n) is 6.41. The highest BCUT2D eigenvalue weighted by Crippen LogP contribution is 2.29. The van der Waals surface area contributed by atoms with Gasteiger partial charge in [-0.15, -0.1) is 11.8 Å². The van der Waals surface area contributed by atoms with Crippen LogP contribution in [0, 0.1) is 10.5 Å². The molecule has 0 unspecified atom stereocenters. The average Bonchev–Trinajstić information content (AvgIpc) is 2.72. The summed E-state index contributed by atoms with van der Waals surface area (Å²) >= 11 is 4.07. The Bertz CT molecular complexity index is 998. The van der Waals surface area contributed by atoms with Crippen molar-refractivity contribution in [1.82, 2.24) is 0 Å². The number of carboxylic acids is 1. The molecule has 0 bridgehead atoms. The molecule has 148 valence electrons. The molecule has 3 aromatic rings. The number of rotatable bonds is 8. The molecule has 0 aliphatic heterocycles. The summed E-state index contributed by atoms with van der Waals surface area (Å²) in [5.41, 5.74) is 4.69. The van der Waals surface area contributed by atoms with Crippen LogP contribution in [0.5, 0.6) is 5.75 Å². The van der Waals surface area contributed by atoms with E-state index in [-0.39, 0.29) is 6.61 Å². The Kier molecular flexibility index (Phi) is 7.77. The average molecular weight is 516 g/mol. The predicted octanol–water partition coefficient (Wildman–Crippen LogP) is 6.29. The zero-order valence-electron chi connectivity index (χ0n) is 16.0. The lowest BCUT2D eigenvalue weighted by molar-refractivity contribution is -0.139. The molecule has 3 aromatic carbocycles. The third-order valence-electron chi connectivity index (χ3n) is 4.28. The number of benzene rings is 3. The van der Waals surface area contributed by atoms with Crippen LogP contribution in [0.4, 0.5) is 0 Å². The number of hydrogen-bond acceptors (Lipinski definition) is 3. The molecule has 0 aliphatic rings. The number of ether oxygens (including phenoxy) is 1. The van der Waals surface area contributed by atoms with Crippen LogP contribution in [0.1, 0.15) is 16.7 Å². The maximum absolute atomic E-state index is 10.6. The highest BCUT2D eigenvalue weighted by atomic mass is 127. The summed E-state index contributed by atoms with van der Waals surface area (Å²) in [7, 11) is 0. The summed E-state index contributed by atoms with van der Waals surface area (Å²) in [4.78, 5) is 11.8. The molecule has 3 nitrogen and oxygen atoms in total. The quantitative estimate of drug-likeness (QED) is 0.283. The van der Waals surface area contributed by atoms with Gasteiger partial charge in [0.2, 0.25) is 0 Å². The van der Waals surface area contributed by atoms with Crippen LogP contribution >= 0.6 is 34.4 Å². The molecule has 0 aliphatic carbocycles. The fourth-order valence-corrected chi connectivity index (χ4v) is 4.12. The first kappa shape index (κ1) is 21.5. The Labute approximate surface area is 188 Å². The van der Waals surface area contributed by atoms with Crippen molar-refractivity contribution < 1.29 is 14.6 Å². The van der Waals surface area contributed by atoms with E-state index in [1.807, 2.05) is 31.2 Å². The van der Waals surface area contributed by atoms with Gasteiger partial charge in [0.1, 0.15) is 5.75 Å². The molecule has 0 atom stereocenters. The number of halogens is 1. The smallest absolute Gasteiger partial charge is 0.341 e. The maximum atomic E-state index is 10.6. The highest BCUT2D eigenvalue weighted by Gasteiger charge is 2.07. The number of carbonyl (C=O) groups is 1. The maximum Gasteiger partial charge on any atom is 0.341 e. The summed E-state index contributed by atoms with van der Waals surface area (Å²) in [6.07, 6.45) is 2.26. The van der Waals surface area contributed by atoms with E-state index < -0.39 is 5.97 Å². The summed E-state index contributed by atoms with van der Waals surface area (Å²) < 4.78 is 6.47. The largest absolute Gasteiger partial charge is 0.482 e. The number of aliphatic carboxylic acids is 1. The minimum Gasteiger partial charge on any atom is -0.482 e. The minimum absolute atomic E-state index is 0.328. The fourth-order valence-electron chi connectivity index (χ4n) is 2.88. The monoisotopic (exact) mass is 516 g/mol. The lowest BCUT2D eigenvalue weighted by atomic mass is 9.98. The van der Waals surface area contributed by atoms with Gasteiger partial charge in [-0.3, -0.25) is 0 Å². The summed E-state index contributed by atoms with van der Waals surface area (Å²) in [6, 6.07) is 24.7. The summed E-state index contributed by atoms with van der Waals surface area (Å²) in [5, 5.41) is 8.73. The van der Waals surface area contributed by atoms with Gasteiger partial charge in [-0.25, -0.2) is 4.79 Å². The van der Waals surface area contributed by atoms with Gasteiger partial charge >= 0.3 is 5.97 Å². The molecule has 0 radical (unpaired) electrons. The molecule has 0 saturated heterocycles. The number of thioether (sulfide) groups is 1. The van der Waals surface area contributed by atoms with Crippen LogP contribution < -0.4 is 4.74 Å². The van der Waals surface area contributed by atoms with E-state index in [9.17, 15) is 4.79 Å². The zero-order valence-corrected chi connectivity index (χ0v) is 18.9. The van der Waals surface area contributed by atoms with Gasteiger partial charge in [-0.05, 0) is 82.1 Å². The molecule has 5 heteroatoms. The molecule has 0 spiro atoms. The van der Waals surface area contributed by atoms with Crippen molar-refractivity contribution >= 4 is 45.9 Å². The lowest BCUT2D eigenvalue weighted by Gasteiger charge is -2.11. The van der Waals surface area contributed by atoms with Crippen molar-refractivity contribution in [3.8, 4) is 5.75 Å². The molecule has 0 aromatic heterocycles. The van der Waals surface area contributed by atoms with E-state index >= 15 is 0 Å². The molecule has 29 heavy (non-hydrogen) atoms. The van der Waals surface area contributed by atoms with E-state index in [2.05, 4.69) is 77.2 Å². The van der Waals surface area contributed by atoms with Gasteiger partial charge in [-0.2, -0.15) is 0 Å². The van der Waals surface area contributed by atoms with Crippen molar-refractivity contribution in [2.24, 2.45) is 0 Å². The summed E-state index contributed by atoms with van der Waals surface area (Å²) in [5.74, 6) is 0.427. The normalized spacial score (nSPS) is 11.3. The summed E-state index contributed by atoms with van der Waals surface area (Å²) in [6.45, 7) is 1.68. The van der Waals surface area contributed by atoms with Crippen molar-refractivity contribution in [3.63, 3.8) is 0 Å². The van der Waals surface area contributed by atoms with Gasteiger partial charge < -0.3 is 9.84 Å². The van der Waals surface area contributed by atoms with Crippen molar-refractivity contribution in [2.75, 3.05) is 12.4 Å². The van der Waals surface area contributed by atoms with Crippen LogP contribution in [0.25, 0.3) is 5.57 Å². The van der Waals surface area contributed by atoms with Gasteiger partial charge in [0.25, 0.3) is 0 Å². The number of hydrogen-bond donors (Lipinski definition) is 1. The molecule has 0 saturated carbocycles. The molecule has 1 N–H and O–H groups in total. The Morgan fingerprint density at radius 1 is 1.03 bits per heavy atom. The number of carboxylic acid groups (broad SMARTS) is 1. The Balaban J connectivity index is 1.76. The standard InChI is InChI=1S/C24H21IO3S/c1-17-15-21(28-16-24(26)27)11-12-23(17)29-14-13-22(18-5-3-2-4-6-18)19-7-9-20(25)10-8-19/h2-13,15H,14,16H2,1H3,(H,26,27)/b22-13-. The first-order chi connectivity index (χ1) is 14.0. The van der Waals surface area contributed by atoms with Crippen LogP contribution in [-0.2, 0) is 4.79 Å². The molecule has 0 amide bonds. The van der Waals surface area contributed by atoms with Crippen LogP contribution in [-0.4, -0.2) is 23.4 Å². The van der Waals surface area contributed by atoms with Crippen molar-refractivity contribution in [3.05, 3.63) is 99.1 Å². The third kappa shape index (κ3) is 6.37. The molecular weight excluding hydrogens is 495 g/mol. The van der Waals surface area contributed by atoms with Gasteiger partial charge in [0, 0.05) is 14.2 Å². The highest BCUT2D eigenvalue weighted by molar-refractivity contribution is 14.1. The van der Waals surface area contributed by atoms with E-state index in [4.69, 9.17) is 9.84 Å². The van der Waals surface area contributed by atoms with E-state index in [0.717, 1.165) is 16.2 Å². The van der Waals surface area contributed by atoms with E-state index in [1.54, 1.807) is 11.8 Å². The van der Waals surface area contributed by atoms with Crippen molar-refractivity contribution in [1.29, 1.82) is 0 Å². The molecular formula is C24H21IO3S. The Morgan fingerprint density at radius 3 is 2.38 bits per heavy atom. The first-order valence-electron chi connectivity index (χ1n) is 9.12. The molecule has 3 rings (SSSR count). The topological polar surface area (TPSA) is 46.5 Å². The first-order valence-corrected chi connectivity index (χ1v) is 11.2. The Hall–Kier alpha value is -2.25. The third-order valence-corrected chi connectivity index (χ3v) is 6.10. The van der Waals surface area contributed by atoms with Crippen LogP contribution in [0.3, 0.4) is 0 Å². The lowest BCUT2D eigenvalue weighted by Crippen LogP contribution is -2.09. The second-order valence-corrected chi connectivity index (χ2v) is 8.72. The van der Waals surface area contributed by atoms with Gasteiger partial charge in [0.05, 0.1) is 0 Å².